The number of hydrogen-bond acceptors (Lipinski definition) is 5. The molecule has 106 valence electrons. The van der Waals surface area contributed by atoms with Crippen LogP contribution >= 0.6 is 0 Å². The van der Waals surface area contributed by atoms with Crippen molar-refractivity contribution >= 4 is 22.8 Å². The van der Waals surface area contributed by atoms with E-state index in [1.807, 2.05) is 18.9 Å². The van der Waals surface area contributed by atoms with Crippen LogP contribution in [0.5, 0.6) is 0 Å². The van der Waals surface area contributed by atoms with Crippen LogP contribution in [-0.4, -0.2) is 37.1 Å². The van der Waals surface area contributed by atoms with E-state index in [4.69, 9.17) is 5.73 Å². The molecule has 3 heterocycles. The van der Waals surface area contributed by atoms with E-state index >= 15 is 0 Å². The lowest BCUT2D eigenvalue weighted by molar-refractivity contribution is -0.138. The number of nitrogens with zero attached hydrogens (tertiary/aromatic N) is 5. The van der Waals surface area contributed by atoms with Gasteiger partial charge in [-0.25, -0.2) is 9.97 Å². The van der Waals surface area contributed by atoms with E-state index < -0.39 is 0 Å². The second kappa shape index (κ2) is 4.73. The highest BCUT2D eigenvalue weighted by Gasteiger charge is 2.26. The number of likely N-dealkylation sites (tertiary alicyclic amines) is 1. The Morgan fingerprint density at radius 3 is 3.05 bits per heavy atom. The third-order valence-electron chi connectivity index (χ3n) is 3.80. The molecule has 0 saturated carbocycles. The van der Waals surface area contributed by atoms with Gasteiger partial charge in [0.25, 0.3) is 0 Å². The fourth-order valence-electron chi connectivity index (χ4n) is 2.62. The van der Waals surface area contributed by atoms with Gasteiger partial charge in [0, 0.05) is 19.5 Å². The minimum Gasteiger partial charge on any atom is -0.383 e. The van der Waals surface area contributed by atoms with Crippen molar-refractivity contribution < 1.29 is 4.79 Å². The number of carbonyl (C=O) groups excluding carboxylic acids is 1. The van der Waals surface area contributed by atoms with Crippen LogP contribution < -0.4 is 5.73 Å². The summed E-state index contributed by atoms with van der Waals surface area (Å²) in [6, 6.07) is 0. The number of rotatable bonds is 2. The first-order chi connectivity index (χ1) is 9.56. The van der Waals surface area contributed by atoms with Gasteiger partial charge in [0.05, 0.1) is 18.1 Å². The molecule has 0 aromatic carbocycles. The number of nitrogens with two attached hydrogens (primary N) is 1. The molecule has 1 amide bonds. The fourth-order valence-corrected chi connectivity index (χ4v) is 2.62. The SMILES string of the molecule is CC1CCCN(Cc2nc(N)c3cnn(C)c3n2)C1=O. The van der Waals surface area contributed by atoms with Crippen LogP contribution in [0.3, 0.4) is 0 Å². The molecule has 1 aliphatic rings. The Morgan fingerprint density at radius 1 is 1.45 bits per heavy atom. The highest BCUT2D eigenvalue weighted by atomic mass is 16.2. The number of anilines is 1. The molecule has 0 spiro atoms. The van der Waals surface area contributed by atoms with Gasteiger partial charge in [0.15, 0.2) is 11.5 Å². The van der Waals surface area contributed by atoms with Gasteiger partial charge in [-0.3, -0.25) is 9.48 Å². The number of nitrogen functional groups attached to an aromatic ring is 1. The number of hydrogen-bond donors (Lipinski definition) is 1. The van der Waals surface area contributed by atoms with Gasteiger partial charge in [-0.15, -0.1) is 0 Å². The lowest BCUT2D eigenvalue weighted by Crippen LogP contribution is -2.40. The molecule has 1 unspecified atom stereocenters. The molecule has 0 aliphatic carbocycles. The van der Waals surface area contributed by atoms with Gasteiger partial charge in [-0.1, -0.05) is 6.92 Å². The van der Waals surface area contributed by atoms with E-state index in [1.54, 1.807) is 10.9 Å². The van der Waals surface area contributed by atoms with Crippen molar-refractivity contribution in [2.45, 2.75) is 26.3 Å². The van der Waals surface area contributed by atoms with Crippen LogP contribution in [0.4, 0.5) is 5.82 Å². The van der Waals surface area contributed by atoms with E-state index in [9.17, 15) is 4.79 Å². The van der Waals surface area contributed by atoms with Crippen molar-refractivity contribution in [1.29, 1.82) is 0 Å². The summed E-state index contributed by atoms with van der Waals surface area (Å²) in [6.45, 7) is 3.14. The van der Waals surface area contributed by atoms with Gasteiger partial charge in [0.2, 0.25) is 5.91 Å². The highest BCUT2D eigenvalue weighted by molar-refractivity contribution is 5.85. The van der Waals surface area contributed by atoms with Gasteiger partial charge in [-0.2, -0.15) is 5.10 Å². The molecule has 1 atom stereocenters. The average Bonchev–Trinajstić information content (AvgIpc) is 2.78. The standard InChI is InChI=1S/C13H18N6O/c1-8-4-3-5-19(13(8)20)7-10-16-11(14)9-6-15-18(2)12(9)17-10/h6,8H,3-5,7H2,1-2H3,(H2,14,16,17). The van der Waals surface area contributed by atoms with Crippen molar-refractivity contribution in [3.63, 3.8) is 0 Å². The fraction of sp³-hybridized carbons (Fsp3) is 0.538. The Kier molecular flexibility index (Phi) is 3.04. The van der Waals surface area contributed by atoms with Gasteiger partial charge < -0.3 is 10.6 Å². The first-order valence-electron chi connectivity index (χ1n) is 6.79. The van der Waals surface area contributed by atoms with Crippen molar-refractivity contribution in [2.75, 3.05) is 12.3 Å². The number of aryl methyl sites for hydroxylation is 1. The molecule has 0 bridgehead atoms. The molecule has 0 radical (unpaired) electrons. The summed E-state index contributed by atoms with van der Waals surface area (Å²) in [5.74, 6) is 1.24. The van der Waals surface area contributed by atoms with Crippen molar-refractivity contribution in [1.82, 2.24) is 24.6 Å². The van der Waals surface area contributed by atoms with Crippen LogP contribution in [0.25, 0.3) is 11.0 Å². The van der Waals surface area contributed by atoms with E-state index in [-0.39, 0.29) is 11.8 Å². The van der Waals surface area contributed by atoms with E-state index in [0.29, 0.717) is 23.8 Å². The minimum absolute atomic E-state index is 0.0848. The van der Waals surface area contributed by atoms with Crippen molar-refractivity contribution in [3.8, 4) is 0 Å². The van der Waals surface area contributed by atoms with E-state index in [0.717, 1.165) is 24.8 Å². The van der Waals surface area contributed by atoms with Crippen molar-refractivity contribution in [3.05, 3.63) is 12.0 Å². The number of carbonyl (C=O) groups is 1. The molecule has 20 heavy (non-hydrogen) atoms. The van der Waals surface area contributed by atoms with Crippen LogP contribution in [-0.2, 0) is 18.4 Å². The maximum Gasteiger partial charge on any atom is 0.225 e. The molecule has 2 N–H and O–H groups in total. The summed E-state index contributed by atoms with van der Waals surface area (Å²) in [7, 11) is 1.81. The zero-order chi connectivity index (χ0) is 14.3. The molecule has 1 saturated heterocycles. The quantitative estimate of drug-likeness (QED) is 0.870. The molecule has 7 nitrogen and oxygen atoms in total. The Morgan fingerprint density at radius 2 is 2.25 bits per heavy atom. The van der Waals surface area contributed by atoms with Crippen LogP contribution in [0, 0.1) is 5.92 Å². The largest absolute Gasteiger partial charge is 0.383 e. The van der Waals surface area contributed by atoms with E-state index in [2.05, 4.69) is 15.1 Å². The zero-order valence-corrected chi connectivity index (χ0v) is 11.7. The van der Waals surface area contributed by atoms with Crippen LogP contribution in [0.1, 0.15) is 25.6 Å². The van der Waals surface area contributed by atoms with Gasteiger partial charge in [0.1, 0.15) is 5.82 Å². The molecular weight excluding hydrogens is 256 g/mol. The predicted octanol–water partition coefficient (Wildman–Crippen LogP) is 0.704. The first-order valence-corrected chi connectivity index (χ1v) is 6.79. The Hall–Kier alpha value is -2.18. The molecule has 2 aromatic heterocycles. The Balaban J connectivity index is 1.90. The molecule has 1 aliphatic heterocycles. The normalized spacial score (nSPS) is 19.8. The second-order valence-corrected chi connectivity index (χ2v) is 5.33. The summed E-state index contributed by atoms with van der Waals surface area (Å²) in [5, 5.41) is 4.87. The van der Waals surface area contributed by atoms with Gasteiger partial charge in [-0.05, 0) is 12.8 Å². The molecule has 7 heteroatoms. The minimum atomic E-state index is 0.0848. The molecular formula is C13H18N6O. The number of fused-ring (bicyclic) bond motifs is 1. The summed E-state index contributed by atoms with van der Waals surface area (Å²) in [6.07, 6.45) is 3.64. The number of aromatic nitrogens is 4. The number of amides is 1. The monoisotopic (exact) mass is 274 g/mol. The summed E-state index contributed by atoms with van der Waals surface area (Å²) in [4.78, 5) is 22.7. The van der Waals surface area contributed by atoms with Crippen LogP contribution in [0.15, 0.2) is 6.20 Å². The lowest BCUT2D eigenvalue weighted by atomic mass is 9.99. The number of piperidine rings is 1. The summed E-state index contributed by atoms with van der Waals surface area (Å²) >= 11 is 0. The van der Waals surface area contributed by atoms with Crippen LogP contribution in [0.2, 0.25) is 0 Å². The summed E-state index contributed by atoms with van der Waals surface area (Å²) < 4.78 is 1.66. The topological polar surface area (TPSA) is 89.9 Å². The smallest absolute Gasteiger partial charge is 0.225 e. The maximum atomic E-state index is 12.1. The Labute approximate surface area is 116 Å². The molecule has 1 fully saturated rings. The third kappa shape index (κ3) is 2.09. The Bertz CT molecular complexity index is 664. The highest BCUT2D eigenvalue weighted by Crippen LogP contribution is 2.21. The molecule has 2 aromatic rings. The predicted molar refractivity (Wildman–Crippen MR) is 74.5 cm³/mol. The zero-order valence-electron chi connectivity index (χ0n) is 11.7. The second-order valence-electron chi connectivity index (χ2n) is 5.33. The van der Waals surface area contributed by atoms with Crippen molar-refractivity contribution in [2.24, 2.45) is 13.0 Å². The maximum absolute atomic E-state index is 12.1. The van der Waals surface area contributed by atoms with Gasteiger partial charge >= 0.3 is 0 Å². The lowest BCUT2D eigenvalue weighted by Gasteiger charge is -2.30. The first kappa shape index (κ1) is 12.8. The van der Waals surface area contributed by atoms with E-state index in [1.165, 1.54) is 0 Å². The third-order valence-corrected chi connectivity index (χ3v) is 3.80. The summed E-state index contributed by atoms with van der Waals surface area (Å²) in [5.41, 5.74) is 6.63. The molecule has 3 rings (SSSR count). The average molecular weight is 274 g/mol.